The molecule has 0 unspecified atom stereocenters. The van der Waals surface area contributed by atoms with Gasteiger partial charge in [0.25, 0.3) is 5.91 Å². The molecule has 0 saturated carbocycles. The molecule has 0 aliphatic rings. The van der Waals surface area contributed by atoms with E-state index in [0.717, 1.165) is 11.5 Å². The van der Waals surface area contributed by atoms with Crippen molar-refractivity contribution >= 4 is 28.4 Å². The van der Waals surface area contributed by atoms with Crippen molar-refractivity contribution in [3.8, 4) is 0 Å². The van der Waals surface area contributed by atoms with Crippen LogP contribution >= 0.6 is 11.5 Å². The number of carbonyl (C=O) groups excluding carboxylic acids is 1. The van der Waals surface area contributed by atoms with Crippen molar-refractivity contribution in [3.05, 3.63) is 23.4 Å². The first-order valence-electron chi connectivity index (χ1n) is 4.46. The van der Waals surface area contributed by atoms with E-state index in [1.54, 1.807) is 6.92 Å². The minimum absolute atomic E-state index is 0.00684. The van der Waals surface area contributed by atoms with Crippen molar-refractivity contribution in [3.63, 3.8) is 0 Å². The molecule has 0 radical (unpaired) electrons. The maximum atomic E-state index is 11.6. The van der Waals surface area contributed by atoms with Crippen LogP contribution in [0.1, 0.15) is 26.7 Å². The quantitative estimate of drug-likeness (QED) is 0.733. The zero-order valence-corrected chi connectivity index (χ0v) is 9.41. The van der Waals surface area contributed by atoms with Crippen LogP contribution in [0.2, 0.25) is 0 Å². The SMILES string of the molecule is Cc1nsc(NC(=O)c2ncn[nH]2)c1C(=O)O. The number of hydrogen-bond donors (Lipinski definition) is 3. The van der Waals surface area contributed by atoms with E-state index in [2.05, 4.69) is 24.9 Å². The Hall–Kier alpha value is -2.29. The van der Waals surface area contributed by atoms with E-state index < -0.39 is 11.9 Å². The van der Waals surface area contributed by atoms with E-state index >= 15 is 0 Å². The molecule has 9 heteroatoms. The van der Waals surface area contributed by atoms with Gasteiger partial charge in [-0.15, -0.1) is 0 Å². The molecule has 8 nitrogen and oxygen atoms in total. The first-order chi connectivity index (χ1) is 8.09. The van der Waals surface area contributed by atoms with E-state index in [1.165, 1.54) is 6.33 Å². The van der Waals surface area contributed by atoms with Gasteiger partial charge in [-0.2, -0.15) is 9.47 Å². The molecular weight excluding hydrogens is 246 g/mol. The van der Waals surface area contributed by atoms with Crippen LogP contribution in [0.3, 0.4) is 0 Å². The summed E-state index contributed by atoms with van der Waals surface area (Å²) in [6.07, 6.45) is 1.19. The lowest BCUT2D eigenvalue weighted by atomic mass is 10.2. The predicted molar refractivity (Wildman–Crippen MR) is 58.1 cm³/mol. The third-order valence-corrected chi connectivity index (χ3v) is 2.79. The van der Waals surface area contributed by atoms with Gasteiger partial charge < -0.3 is 10.4 Å². The molecule has 2 heterocycles. The number of aromatic amines is 1. The molecule has 3 N–H and O–H groups in total. The van der Waals surface area contributed by atoms with Crippen LogP contribution in [0.4, 0.5) is 5.00 Å². The Kier molecular flexibility index (Phi) is 2.83. The van der Waals surface area contributed by atoms with Gasteiger partial charge in [-0.1, -0.05) is 0 Å². The summed E-state index contributed by atoms with van der Waals surface area (Å²) in [5, 5.41) is 17.5. The lowest BCUT2D eigenvalue weighted by Crippen LogP contribution is -2.15. The molecule has 0 bridgehead atoms. The molecule has 88 valence electrons. The third kappa shape index (κ3) is 2.13. The Labute approximate surface area is 98.9 Å². The van der Waals surface area contributed by atoms with Crippen molar-refractivity contribution in [1.29, 1.82) is 0 Å². The van der Waals surface area contributed by atoms with Gasteiger partial charge in [0.05, 0.1) is 5.69 Å². The number of H-pyrrole nitrogens is 1. The topological polar surface area (TPSA) is 121 Å². The van der Waals surface area contributed by atoms with Gasteiger partial charge >= 0.3 is 5.97 Å². The van der Waals surface area contributed by atoms with Gasteiger partial charge in [0.15, 0.2) is 0 Å². The molecule has 2 aromatic rings. The molecule has 1 amide bonds. The minimum atomic E-state index is -1.14. The number of aromatic carboxylic acids is 1. The third-order valence-electron chi connectivity index (χ3n) is 1.93. The van der Waals surface area contributed by atoms with Crippen LogP contribution in [0.5, 0.6) is 0 Å². The number of carboxylic acid groups (broad SMARTS) is 1. The second-order valence-corrected chi connectivity index (χ2v) is 3.84. The second kappa shape index (κ2) is 4.29. The number of carboxylic acids is 1. The maximum absolute atomic E-state index is 11.6. The summed E-state index contributed by atoms with van der Waals surface area (Å²) < 4.78 is 3.87. The van der Waals surface area contributed by atoms with E-state index in [0.29, 0.717) is 5.69 Å². The van der Waals surface area contributed by atoms with E-state index in [9.17, 15) is 9.59 Å². The number of amides is 1. The highest BCUT2D eigenvalue weighted by Gasteiger charge is 2.20. The van der Waals surface area contributed by atoms with Crippen LogP contribution in [0.15, 0.2) is 6.33 Å². The standard InChI is InChI=1S/C8H7N5O3S/c1-3-4(8(15)16)7(17-13-3)11-6(14)5-9-2-10-12-5/h2H,1H3,(H,11,14)(H,15,16)(H,9,10,12). The van der Waals surface area contributed by atoms with Crippen molar-refractivity contribution in [1.82, 2.24) is 19.6 Å². The van der Waals surface area contributed by atoms with Crippen LogP contribution in [0.25, 0.3) is 0 Å². The zero-order chi connectivity index (χ0) is 12.4. The molecule has 0 aliphatic heterocycles. The largest absolute Gasteiger partial charge is 0.478 e. The molecule has 0 aliphatic carbocycles. The first kappa shape index (κ1) is 11.2. The highest BCUT2D eigenvalue weighted by molar-refractivity contribution is 7.11. The summed E-state index contributed by atoms with van der Waals surface area (Å²) in [4.78, 5) is 26.2. The van der Waals surface area contributed by atoms with Gasteiger partial charge in [0, 0.05) is 0 Å². The van der Waals surface area contributed by atoms with Crippen LogP contribution in [0, 0.1) is 6.92 Å². The van der Waals surface area contributed by atoms with Gasteiger partial charge in [-0.3, -0.25) is 9.89 Å². The second-order valence-electron chi connectivity index (χ2n) is 3.07. The molecular formula is C8H7N5O3S. The Bertz CT molecular complexity index is 562. The smallest absolute Gasteiger partial charge is 0.340 e. The lowest BCUT2D eigenvalue weighted by Gasteiger charge is -2.00. The number of nitrogens with one attached hydrogen (secondary N) is 2. The monoisotopic (exact) mass is 253 g/mol. The summed E-state index contributed by atoms with van der Waals surface area (Å²) >= 11 is 0.905. The number of aromatic nitrogens is 4. The highest BCUT2D eigenvalue weighted by atomic mass is 32.1. The lowest BCUT2D eigenvalue weighted by molar-refractivity contribution is 0.0697. The normalized spacial score (nSPS) is 10.2. The maximum Gasteiger partial charge on any atom is 0.340 e. The average Bonchev–Trinajstić information content (AvgIpc) is 2.87. The highest BCUT2D eigenvalue weighted by Crippen LogP contribution is 2.24. The molecule has 0 spiro atoms. The summed E-state index contributed by atoms with van der Waals surface area (Å²) in [5.74, 6) is -1.69. The summed E-state index contributed by atoms with van der Waals surface area (Å²) in [5.41, 5.74) is 0.346. The van der Waals surface area contributed by atoms with Crippen LogP contribution in [-0.2, 0) is 0 Å². The van der Waals surface area contributed by atoms with Crippen molar-refractivity contribution in [2.45, 2.75) is 6.92 Å². The van der Waals surface area contributed by atoms with Gasteiger partial charge in [0.1, 0.15) is 16.9 Å². The fraction of sp³-hybridized carbons (Fsp3) is 0.125. The Morgan fingerprint density at radius 2 is 2.29 bits per heavy atom. The average molecular weight is 253 g/mol. The molecule has 0 aromatic carbocycles. The Morgan fingerprint density at radius 1 is 1.53 bits per heavy atom. The first-order valence-corrected chi connectivity index (χ1v) is 5.23. The van der Waals surface area contributed by atoms with Gasteiger partial charge in [0.2, 0.25) is 5.82 Å². The van der Waals surface area contributed by atoms with Crippen molar-refractivity contribution in [2.75, 3.05) is 5.32 Å². The predicted octanol–water partition coefficient (Wildman–Crippen LogP) is 0.520. The fourth-order valence-electron chi connectivity index (χ4n) is 1.18. The number of rotatable bonds is 3. The fourth-order valence-corrected chi connectivity index (χ4v) is 1.97. The van der Waals surface area contributed by atoms with Crippen LogP contribution < -0.4 is 5.32 Å². The van der Waals surface area contributed by atoms with Gasteiger partial charge in [-0.25, -0.2) is 9.78 Å². The van der Waals surface area contributed by atoms with E-state index in [4.69, 9.17) is 5.11 Å². The molecule has 0 atom stereocenters. The molecule has 2 rings (SSSR count). The molecule has 17 heavy (non-hydrogen) atoms. The minimum Gasteiger partial charge on any atom is -0.478 e. The number of anilines is 1. The summed E-state index contributed by atoms with van der Waals surface area (Å²) in [6, 6.07) is 0. The number of aryl methyl sites for hydroxylation is 1. The molecule has 0 fully saturated rings. The van der Waals surface area contributed by atoms with E-state index in [1.807, 2.05) is 0 Å². The van der Waals surface area contributed by atoms with Crippen molar-refractivity contribution in [2.24, 2.45) is 0 Å². The van der Waals surface area contributed by atoms with Gasteiger partial charge in [-0.05, 0) is 18.5 Å². The van der Waals surface area contributed by atoms with E-state index in [-0.39, 0.29) is 16.4 Å². The Morgan fingerprint density at radius 3 is 2.88 bits per heavy atom. The Balaban J connectivity index is 2.25. The van der Waals surface area contributed by atoms with Crippen molar-refractivity contribution < 1.29 is 14.7 Å². The molecule has 2 aromatic heterocycles. The zero-order valence-electron chi connectivity index (χ0n) is 8.59. The van der Waals surface area contributed by atoms with Crippen LogP contribution in [-0.4, -0.2) is 36.5 Å². The molecule has 0 saturated heterocycles. The summed E-state index contributed by atoms with van der Waals surface area (Å²) in [7, 11) is 0. The number of nitrogens with zero attached hydrogens (tertiary/aromatic N) is 3. The number of carbonyl (C=O) groups is 2. The summed E-state index contributed by atoms with van der Waals surface area (Å²) in [6.45, 7) is 1.56. The number of hydrogen-bond acceptors (Lipinski definition) is 6.